The zero-order chi connectivity index (χ0) is 13.7. The van der Waals surface area contributed by atoms with Gasteiger partial charge >= 0.3 is 0 Å². The van der Waals surface area contributed by atoms with Gasteiger partial charge in [-0.25, -0.2) is 9.97 Å². The Morgan fingerprint density at radius 2 is 2.26 bits per heavy atom. The van der Waals surface area contributed by atoms with E-state index in [4.69, 9.17) is 4.42 Å². The van der Waals surface area contributed by atoms with Crippen LogP contribution in [-0.4, -0.2) is 22.4 Å². The van der Waals surface area contributed by atoms with Crippen LogP contribution >= 0.6 is 0 Å². The lowest BCUT2D eigenvalue weighted by atomic mass is 10.2. The van der Waals surface area contributed by atoms with E-state index >= 15 is 0 Å². The van der Waals surface area contributed by atoms with Gasteiger partial charge in [-0.05, 0) is 26.0 Å². The van der Waals surface area contributed by atoms with Crippen molar-refractivity contribution in [3.63, 3.8) is 0 Å². The van der Waals surface area contributed by atoms with E-state index < -0.39 is 0 Å². The summed E-state index contributed by atoms with van der Waals surface area (Å²) in [6, 6.07) is 3.45. The second-order valence-electron chi connectivity index (χ2n) is 3.98. The molecule has 0 atom stereocenters. The molecular weight excluding hydrogens is 244 g/mol. The zero-order valence-electron chi connectivity index (χ0n) is 10.9. The summed E-state index contributed by atoms with van der Waals surface area (Å²) in [6.45, 7) is 4.72. The van der Waals surface area contributed by atoms with E-state index in [-0.39, 0.29) is 12.5 Å². The minimum atomic E-state index is -0.208. The Balaban J connectivity index is 2.03. The SMILES string of the molecule is CCNc1ncccc1C(=O)NCc1ncc(C)o1. The van der Waals surface area contributed by atoms with E-state index in [0.717, 1.165) is 5.76 Å². The van der Waals surface area contributed by atoms with Crippen molar-refractivity contribution in [2.45, 2.75) is 20.4 Å². The Morgan fingerprint density at radius 1 is 1.42 bits per heavy atom. The second kappa shape index (κ2) is 5.99. The first-order valence-corrected chi connectivity index (χ1v) is 6.09. The lowest BCUT2D eigenvalue weighted by Gasteiger charge is -2.08. The Hall–Kier alpha value is -2.37. The first-order chi connectivity index (χ1) is 9.20. The summed E-state index contributed by atoms with van der Waals surface area (Å²) in [5, 5.41) is 5.80. The highest BCUT2D eigenvalue weighted by atomic mass is 16.4. The van der Waals surface area contributed by atoms with Gasteiger partial charge < -0.3 is 15.1 Å². The molecule has 0 saturated carbocycles. The lowest BCUT2D eigenvalue weighted by molar-refractivity contribution is 0.0947. The number of rotatable bonds is 5. The molecule has 2 aromatic heterocycles. The number of hydrogen-bond acceptors (Lipinski definition) is 5. The van der Waals surface area contributed by atoms with Crippen molar-refractivity contribution in [3.05, 3.63) is 41.7 Å². The Morgan fingerprint density at radius 3 is 2.95 bits per heavy atom. The third-order valence-corrected chi connectivity index (χ3v) is 2.47. The van der Waals surface area contributed by atoms with Crippen LogP contribution in [0.1, 0.15) is 28.9 Å². The van der Waals surface area contributed by atoms with Crippen LogP contribution in [0.2, 0.25) is 0 Å². The molecule has 2 heterocycles. The molecule has 0 aliphatic rings. The molecule has 2 aromatic rings. The van der Waals surface area contributed by atoms with Crippen LogP contribution in [0.25, 0.3) is 0 Å². The molecule has 100 valence electrons. The highest BCUT2D eigenvalue weighted by Crippen LogP contribution is 2.11. The first kappa shape index (κ1) is 13.1. The first-order valence-electron chi connectivity index (χ1n) is 6.09. The number of pyridine rings is 1. The second-order valence-corrected chi connectivity index (χ2v) is 3.98. The number of carbonyl (C=O) groups is 1. The molecule has 0 radical (unpaired) electrons. The molecule has 0 aromatic carbocycles. The fourth-order valence-electron chi connectivity index (χ4n) is 1.63. The fraction of sp³-hybridized carbons (Fsp3) is 0.308. The van der Waals surface area contributed by atoms with Crippen LogP contribution in [0.4, 0.5) is 5.82 Å². The number of anilines is 1. The summed E-state index contributed by atoms with van der Waals surface area (Å²) >= 11 is 0. The van der Waals surface area contributed by atoms with Gasteiger partial charge in [-0.15, -0.1) is 0 Å². The number of nitrogens with one attached hydrogen (secondary N) is 2. The predicted octanol–water partition coefficient (Wildman–Crippen LogP) is 1.74. The van der Waals surface area contributed by atoms with Crippen LogP contribution in [0.3, 0.4) is 0 Å². The molecule has 2 N–H and O–H groups in total. The molecule has 0 fully saturated rings. The summed E-state index contributed by atoms with van der Waals surface area (Å²) < 4.78 is 5.29. The maximum atomic E-state index is 12.1. The van der Waals surface area contributed by atoms with Crippen molar-refractivity contribution in [3.8, 4) is 0 Å². The van der Waals surface area contributed by atoms with Gasteiger partial charge in [0, 0.05) is 12.7 Å². The Bertz CT molecular complexity index is 565. The van der Waals surface area contributed by atoms with Gasteiger partial charge in [0.1, 0.15) is 11.6 Å². The molecule has 6 nitrogen and oxygen atoms in total. The van der Waals surface area contributed by atoms with E-state index in [1.807, 2.05) is 13.8 Å². The molecule has 0 bridgehead atoms. The molecule has 0 unspecified atom stereocenters. The van der Waals surface area contributed by atoms with Gasteiger partial charge in [-0.2, -0.15) is 0 Å². The highest BCUT2D eigenvalue weighted by Gasteiger charge is 2.12. The monoisotopic (exact) mass is 260 g/mol. The van der Waals surface area contributed by atoms with E-state index in [0.29, 0.717) is 23.8 Å². The maximum Gasteiger partial charge on any atom is 0.255 e. The normalized spacial score (nSPS) is 10.2. The van der Waals surface area contributed by atoms with Crippen molar-refractivity contribution in [2.75, 3.05) is 11.9 Å². The minimum absolute atomic E-state index is 0.208. The quantitative estimate of drug-likeness (QED) is 0.856. The van der Waals surface area contributed by atoms with Crippen molar-refractivity contribution in [1.82, 2.24) is 15.3 Å². The number of oxazole rings is 1. The number of hydrogen-bond donors (Lipinski definition) is 2. The van der Waals surface area contributed by atoms with Gasteiger partial charge in [0.05, 0.1) is 18.3 Å². The summed E-state index contributed by atoms with van der Waals surface area (Å²) in [5.41, 5.74) is 0.507. The van der Waals surface area contributed by atoms with E-state index in [1.54, 1.807) is 24.5 Å². The topological polar surface area (TPSA) is 80.0 Å². The summed E-state index contributed by atoms with van der Waals surface area (Å²) in [5.74, 6) is 1.57. The number of carbonyl (C=O) groups excluding carboxylic acids is 1. The average Bonchev–Trinajstić information content (AvgIpc) is 2.83. The smallest absolute Gasteiger partial charge is 0.255 e. The van der Waals surface area contributed by atoms with Crippen molar-refractivity contribution >= 4 is 11.7 Å². The number of amides is 1. The number of aromatic nitrogens is 2. The maximum absolute atomic E-state index is 12.1. The molecule has 6 heteroatoms. The van der Waals surface area contributed by atoms with Gasteiger partial charge in [0.25, 0.3) is 5.91 Å². The van der Waals surface area contributed by atoms with Gasteiger partial charge in [0.15, 0.2) is 0 Å². The Kier molecular flexibility index (Phi) is 4.12. The van der Waals surface area contributed by atoms with Gasteiger partial charge in [0.2, 0.25) is 5.89 Å². The molecular formula is C13H16N4O2. The zero-order valence-corrected chi connectivity index (χ0v) is 10.9. The van der Waals surface area contributed by atoms with Crippen LogP contribution < -0.4 is 10.6 Å². The molecule has 0 aliphatic heterocycles. The minimum Gasteiger partial charge on any atom is -0.444 e. The summed E-state index contributed by atoms with van der Waals surface area (Å²) in [4.78, 5) is 20.2. The van der Waals surface area contributed by atoms with Crippen molar-refractivity contribution in [2.24, 2.45) is 0 Å². The van der Waals surface area contributed by atoms with Crippen LogP contribution in [-0.2, 0) is 6.54 Å². The molecule has 1 amide bonds. The van der Waals surface area contributed by atoms with E-state index in [2.05, 4.69) is 20.6 Å². The summed E-state index contributed by atoms with van der Waals surface area (Å²) in [6.07, 6.45) is 3.27. The largest absolute Gasteiger partial charge is 0.444 e. The lowest BCUT2D eigenvalue weighted by Crippen LogP contribution is -2.24. The number of nitrogens with zero attached hydrogens (tertiary/aromatic N) is 2. The third-order valence-electron chi connectivity index (χ3n) is 2.47. The molecule has 2 rings (SSSR count). The predicted molar refractivity (Wildman–Crippen MR) is 70.8 cm³/mol. The summed E-state index contributed by atoms with van der Waals surface area (Å²) in [7, 11) is 0. The molecule has 19 heavy (non-hydrogen) atoms. The van der Waals surface area contributed by atoms with Gasteiger partial charge in [-0.1, -0.05) is 0 Å². The average molecular weight is 260 g/mol. The van der Waals surface area contributed by atoms with Crippen LogP contribution in [0.5, 0.6) is 0 Å². The van der Waals surface area contributed by atoms with Crippen molar-refractivity contribution in [1.29, 1.82) is 0 Å². The van der Waals surface area contributed by atoms with E-state index in [9.17, 15) is 4.79 Å². The van der Waals surface area contributed by atoms with Crippen LogP contribution in [0, 0.1) is 6.92 Å². The molecule has 0 aliphatic carbocycles. The number of aryl methyl sites for hydroxylation is 1. The highest BCUT2D eigenvalue weighted by molar-refractivity contribution is 5.98. The van der Waals surface area contributed by atoms with Crippen molar-refractivity contribution < 1.29 is 9.21 Å². The molecule has 0 spiro atoms. The third kappa shape index (κ3) is 3.31. The fourth-order valence-corrected chi connectivity index (χ4v) is 1.63. The van der Waals surface area contributed by atoms with Crippen LogP contribution in [0.15, 0.2) is 28.9 Å². The Labute approximate surface area is 111 Å². The molecule has 0 saturated heterocycles. The standard InChI is InChI=1S/C13H16N4O2/c1-3-14-12-10(5-4-6-15-12)13(18)17-8-11-16-7-9(2)19-11/h4-7H,3,8H2,1-2H3,(H,14,15)(H,17,18). The van der Waals surface area contributed by atoms with E-state index in [1.165, 1.54) is 0 Å². The van der Waals surface area contributed by atoms with Gasteiger partial charge in [-0.3, -0.25) is 4.79 Å².